The maximum atomic E-state index is 12.5. The Kier molecular flexibility index (Phi) is 6.95. The van der Waals surface area contributed by atoms with Crippen LogP contribution in [0.3, 0.4) is 0 Å². The van der Waals surface area contributed by atoms with Crippen molar-refractivity contribution in [1.82, 2.24) is 14.8 Å². The Morgan fingerprint density at radius 3 is 2.44 bits per heavy atom. The summed E-state index contributed by atoms with van der Waals surface area (Å²) in [6.45, 7) is 7.00. The van der Waals surface area contributed by atoms with Gasteiger partial charge in [0.2, 0.25) is 5.95 Å². The van der Waals surface area contributed by atoms with Crippen LogP contribution >= 0.6 is 23.2 Å². The minimum absolute atomic E-state index is 0.0775. The second-order valence-electron chi connectivity index (χ2n) is 8.75. The van der Waals surface area contributed by atoms with E-state index in [2.05, 4.69) is 36.2 Å². The van der Waals surface area contributed by atoms with Crippen LogP contribution in [0.4, 0.5) is 5.95 Å². The minimum Gasteiger partial charge on any atom is -0.486 e. The Morgan fingerprint density at radius 2 is 1.76 bits per heavy atom. The predicted octanol–water partition coefficient (Wildman–Crippen LogP) is 6.36. The summed E-state index contributed by atoms with van der Waals surface area (Å²) in [4.78, 5) is 16.6. The zero-order valence-corrected chi connectivity index (χ0v) is 20.5. The molecule has 34 heavy (non-hydrogen) atoms. The van der Waals surface area contributed by atoms with Crippen molar-refractivity contribution in [2.24, 2.45) is 0 Å². The van der Waals surface area contributed by atoms with E-state index < -0.39 is 5.91 Å². The van der Waals surface area contributed by atoms with Gasteiger partial charge in [-0.25, -0.2) is 9.67 Å². The van der Waals surface area contributed by atoms with Gasteiger partial charge in [0, 0.05) is 15.6 Å². The monoisotopic (exact) mass is 498 g/mol. The molecule has 0 unspecified atom stereocenters. The van der Waals surface area contributed by atoms with Crippen molar-refractivity contribution >= 4 is 35.1 Å². The van der Waals surface area contributed by atoms with Crippen molar-refractivity contribution in [3.8, 4) is 5.75 Å². The number of anilines is 1. The van der Waals surface area contributed by atoms with Crippen LogP contribution in [0.25, 0.3) is 0 Å². The number of benzene rings is 2. The SMILES string of the molecule is CC(C)(C)c1ccc(OCc2ccc(C(=O)Nc3ncn(Cc4c(Cl)cccc4Cl)n3)o2)cc1. The molecule has 1 amide bonds. The highest BCUT2D eigenvalue weighted by atomic mass is 35.5. The van der Waals surface area contributed by atoms with Gasteiger partial charge in [-0.05, 0) is 47.4 Å². The van der Waals surface area contributed by atoms with E-state index >= 15 is 0 Å². The van der Waals surface area contributed by atoms with E-state index in [1.807, 2.05) is 24.3 Å². The maximum absolute atomic E-state index is 12.5. The van der Waals surface area contributed by atoms with Gasteiger partial charge >= 0.3 is 0 Å². The third-order valence-corrected chi connectivity index (χ3v) is 5.84. The molecule has 1 N–H and O–H groups in total. The summed E-state index contributed by atoms with van der Waals surface area (Å²) in [6.07, 6.45) is 1.49. The third-order valence-electron chi connectivity index (χ3n) is 5.13. The molecule has 2 aromatic heterocycles. The van der Waals surface area contributed by atoms with Gasteiger partial charge in [-0.3, -0.25) is 10.1 Å². The van der Waals surface area contributed by atoms with Crippen molar-refractivity contribution in [1.29, 1.82) is 0 Å². The van der Waals surface area contributed by atoms with Gasteiger partial charge in [0.1, 0.15) is 24.4 Å². The van der Waals surface area contributed by atoms with Gasteiger partial charge in [-0.15, -0.1) is 5.10 Å². The van der Waals surface area contributed by atoms with E-state index in [0.29, 0.717) is 22.4 Å². The summed E-state index contributed by atoms with van der Waals surface area (Å²) in [7, 11) is 0. The molecule has 0 aliphatic heterocycles. The molecule has 0 spiro atoms. The summed E-state index contributed by atoms with van der Waals surface area (Å²) in [5.41, 5.74) is 2.02. The lowest BCUT2D eigenvalue weighted by atomic mass is 9.87. The number of rotatable bonds is 7. The smallest absolute Gasteiger partial charge is 0.293 e. The number of ether oxygens (including phenoxy) is 1. The van der Waals surface area contributed by atoms with Crippen LogP contribution in [-0.4, -0.2) is 20.7 Å². The highest BCUT2D eigenvalue weighted by Crippen LogP contribution is 2.26. The number of carbonyl (C=O) groups excluding carboxylic acids is 1. The van der Waals surface area contributed by atoms with E-state index in [9.17, 15) is 4.79 Å². The van der Waals surface area contributed by atoms with E-state index in [1.165, 1.54) is 16.6 Å². The number of nitrogens with zero attached hydrogens (tertiary/aromatic N) is 3. The Balaban J connectivity index is 1.33. The second kappa shape index (κ2) is 9.91. The summed E-state index contributed by atoms with van der Waals surface area (Å²) in [5.74, 6) is 1.06. The van der Waals surface area contributed by atoms with Crippen molar-refractivity contribution < 1.29 is 13.9 Å². The normalized spacial score (nSPS) is 11.4. The Morgan fingerprint density at radius 1 is 1.06 bits per heavy atom. The molecule has 0 radical (unpaired) electrons. The van der Waals surface area contributed by atoms with Crippen LogP contribution in [0.5, 0.6) is 5.75 Å². The Hall–Kier alpha value is -3.29. The fourth-order valence-corrected chi connectivity index (χ4v) is 3.74. The minimum atomic E-state index is -0.464. The number of aromatic nitrogens is 3. The molecule has 0 saturated carbocycles. The number of furan rings is 1. The fraction of sp³-hybridized carbons (Fsp3) is 0.240. The number of nitrogens with one attached hydrogen (secondary N) is 1. The molecule has 9 heteroatoms. The first-order chi connectivity index (χ1) is 16.2. The molecular weight excluding hydrogens is 475 g/mol. The third kappa shape index (κ3) is 5.79. The highest BCUT2D eigenvalue weighted by molar-refractivity contribution is 6.35. The predicted molar refractivity (Wildman–Crippen MR) is 132 cm³/mol. The van der Waals surface area contributed by atoms with Crippen LogP contribution < -0.4 is 10.1 Å². The number of hydrogen-bond acceptors (Lipinski definition) is 5. The van der Waals surface area contributed by atoms with Gasteiger partial charge in [0.25, 0.3) is 5.91 Å². The van der Waals surface area contributed by atoms with E-state index in [1.54, 1.807) is 30.3 Å². The van der Waals surface area contributed by atoms with E-state index in [0.717, 1.165) is 11.3 Å². The molecule has 0 atom stereocenters. The zero-order valence-electron chi connectivity index (χ0n) is 19.0. The molecule has 4 aromatic rings. The van der Waals surface area contributed by atoms with Crippen LogP contribution in [-0.2, 0) is 18.6 Å². The fourth-order valence-electron chi connectivity index (χ4n) is 3.22. The van der Waals surface area contributed by atoms with Crippen LogP contribution in [0.15, 0.2) is 65.3 Å². The number of hydrogen-bond donors (Lipinski definition) is 1. The van der Waals surface area contributed by atoms with Crippen molar-refractivity contribution in [3.05, 3.63) is 93.6 Å². The van der Waals surface area contributed by atoms with Gasteiger partial charge < -0.3 is 9.15 Å². The lowest BCUT2D eigenvalue weighted by Crippen LogP contribution is -2.12. The molecule has 0 aliphatic rings. The van der Waals surface area contributed by atoms with Crippen LogP contribution in [0.2, 0.25) is 10.0 Å². The number of carbonyl (C=O) groups is 1. The average molecular weight is 499 g/mol. The maximum Gasteiger partial charge on any atom is 0.293 e. The lowest BCUT2D eigenvalue weighted by Gasteiger charge is -2.19. The molecule has 176 valence electrons. The first kappa shape index (κ1) is 23.9. The van der Waals surface area contributed by atoms with Gasteiger partial charge in [-0.2, -0.15) is 0 Å². The quantitative estimate of drug-likeness (QED) is 0.320. The molecule has 4 rings (SSSR count). The zero-order chi connectivity index (χ0) is 24.3. The Bertz CT molecular complexity index is 1270. The van der Waals surface area contributed by atoms with E-state index in [4.69, 9.17) is 32.4 Å². The molecule has 7 nitrogen and oxygen atoms in total. The topological polar surface area (TPSA) is 82.2 Å². The summed E-state index contributed by atoms with van der Waals surface area (Å²) < 4.78 is 12.9. The van der Waals surface area contributed by atoms with Crippen LogP contribution in [0, 0.1) is 0 Å². The van der Waals surface area contributed by atoms with Gasteiger partial charge in [0.15, 0.2) is 5.76 Å². The largest absolute Gasteiger partial charge is 0.486 e. The van der Waals surface area contributed by atoms with Gasteiger partial charge in [-0.1, -0.05) is 62.2 Å². The molecule has 0 fully saturated rings. The van der Waals surface area contributed by atoms with Gasteiger partial charge in [0.05, 0.1) is 6.54 Å². The molecule has 0 aliphatic carbocycles. The summed E-state index contributed by atoms with van der Waals surface area (Å²) in [6, 6.07) is 16.5. The first-order valence-corrected chi connectivity index (χ1v) is 11.4. The summed E-state index contributed by atoms with van der Waals surface area (Å²) in [5, 5.41) is 7.93. The highest BCUT2D eigenvalue weighted by Gasteiger charge is 2.16. The number of halogens is 2. The number of amides is 1. The standard InChI is InChI=1S/C25H24Cl2N4O3/c1-25(2,3)16-7-9-17(10-8-16)33-14-18-11-12-22(34-18)23(32)29-24-28-15-31(30-24)13-19-20(26)5-4-6-21(19)27/h4-12,15H,13-14H2,1-3H3,(H,29,30,32). The molecule has 2 aromatic carbocycles. The van der Waals surface area contributed by atoms with E-state index in [-0.39, 0.29) is 23.7 Å². The molecular formula is C25H24Cl2N4O3. The van der Waals surface area contributed by atoms with Crippen LogP contribution in [0.1, 0.15) is 48.2 Å². The van der Waals surface area contributed by atoms with Crippen molar-refractivity contribution in [3.63, 3.8) is 0 Å². The lowest BCUT2D eigenvalue weighted by molar-refractivity contribution is 0.0991. The average Bonchev–Trinajstić information content (AvgIpc) is 3.44. The molecule has 0 saturated heterocycles. The first-order valence-electron chi connectivity index (χ1n) is 10.6. The van der Waals surface area contributed by atoms with Crippen molar-refractivity contribution in [2.45, 2.75) is 39.3 Å². The Labute approximate surface area is 207 Å². The van der Waals surface area contributed by atoms with Crippen molar-refractivity contribution in [2.75, 3.05) is 5.32 Å². The second-order valence-corrected chi connectivity index (χ2v) is 9.56. The molecule has 0 bridgehead atoms. The summed E-state index contributed by atoms with van der Waals surface area (Å²) >= 11 is 12.4. The molecule has 2 heterocycles.